The molecule has 1 aliphatic carbocycles. The van der Waals surface area contributed by atoms with Crippen LogP contribution in [0.4, 0.5) is 0 Å². The Morgan fingerprint density at radius 3 is 2.53 bits per heavy atom. The third-order valence-electron chi connectivity index (χ3n) is 7.37. The number of hydrogen-bond acceptors (Lipinski definition) is 4. The molecule has 0 radical (unpaired) electrons. The lowest BCUT2D eigenvalue weighted by Gasteiger charge is -2.57. The predicted octanol–water partition coefficient (Wildman–Crippen LogP) is 4.00. The van der Waals surface area contributed by atoms with Crippen LogP contribution in [0.1, 0.15) is 37.2 Å². The zero-order valence-electron chi connectivity index (χ0n) is 18.0. The number of benzene rings is 2. The molecule has 3 fully saturated rings. The smallest absolute Gasteiger partial charge is 0.119 e. The molecule has 30 heavy (non-hydrogen) atoms. The maximum Gasteiger partial charge on any atom is 0.119 e. The Balaban J connectivity index is 1.35. The summed E-state index contributed by atoms with van der Waals surface area (Å²) >= 11 is 0. The fraction of sp³-hybridized carbons (Fsp3) is 0.538. The molecule has 3 atom stereocenters. The van der Waals surface area contributed by atoms with Crippen LogP contribution < -0.4 is 4.74 Å². The molecule has 0 spiro atoms. The van der Waals surface area contributed by atoms with Crippen LogP contribution in [0, 0.1) is 5.92 Å². The van der Waals surface area contributed by atoms with Crippen LogP contribution in [-0.4, -0.2) is 66.9 Å². The standard InChI is InChI=1S/C26H34N2O2/c1-30-23-6-4-5-22(15-23)20-9-11-21(12-10-20)26-24-17-27(16-19-7-8-19)13-2-3-14-28(24)25(26)18-29/h4-6,9-12,15,19,24-26,29H,2-3,7-8,13-14,16-18H2,1H3/t24-,25+,26+/m1/s1. The van der Waals surface area contributed by atoms with Crippen molar-refractivity contribution in [3.8, 4) is 16.9 Å². The van der Waals surface area contributed by atoms with Gasteiger partial charge in [-0.15, -0.1) is 0 Å². The molecule has 4 nitrogen and oxygen atoms in total. The Hall–Kier alpha value is -1.88. The van der Waals surface area contributed by atoms with E-state index < -0.39 is 0 Å². The van der Waals surface area contributed by atoms with Crippen LogP contribution in [0.2, 0.25) is 0 Å². The quantitative estimate of drug-likeness (QED) is 0.787. The lowest BCUT2D eigenvalue weighted by molar-refractivity contribution is -0.0649. The number of hydrogen-bond donors (Lipinski definition) is 1. The number of nitrogens with zero attached hydrogens (tertiary/aromatic N) is 2. The summed E-state index contributed by atoms with van der Waals surface area (Å²) in [6, 6.07) is 18.0. The second kappa shape index (κ2) is 8.70. The van der Waals surface area contributed by atoms with E-state index in [0.717, 1.165) is 24.8 Å². The Morgan fingerprint density at radius 2 is 1.80 bits per heavy atom. The minimum absolute atomic E-state index is 0.251. The first kappa shape index (κ1) is 20.0. The Labute approximate surface area is 180 Å². The number of aliphatic hydroxyl groups is 1. The topological polar surface area (TPSA) is 35.9 Å². The molecule has 2 heterocycles. The van der Waals surface area contributed by atoms with Crippen molar-refractivity contribution in [2.45, 2.75) is 43.7 Å². The van der Waals surface area contributed by atoms with Crippen LogP contribution in [0.5, 0.6) is 5.75 Å². The highest BCUT2D eigenvalue weighted by molar-refractivity contribution is 5.65. The molecule has 5 rings (SSSR count). The Bertz CT molecular complexity index is 848. The predicted molar refractivity (Wildman–Crippen MR) is 121 cm³/mol. The molecular formula is C26H34N2O2. The van der Waals surface area contributed by atoms with Crippen LogP contribution in [0.25, 0.3) is 11.1 Å². The van der Waals surface area contributed by atoms with Gasteiger partial charge in [-0.1, -0.05) is 36.4 Å². The second-order valence-electron chi connectivity index (χ2n) is 9.34. The van der Waals surface area contributed by atoms with Gasteiger partial charge in [-0.25, -0.2) is 0 Å². The van der Waals surface area contributed by atoms with Crippen molar-refractivity contribution in [2.75, 3.05) is 39.9 Å². The first-order chi connectivity index (χ1) is 14.8. The highest BCUT2D eigenvalue weighted by atomic mass is 16.5. The van der Waals surface area contributed by atoms with E-state index in [4.69, 9.17) is 4.74 Å². The van der Waals surface area contributed by atoms with E-state index in [0.29, 0.717) is 12.0 Å². The molecule has 0 bridgehead atoms. The molecule has 3 aliphatic rings. The molecule has 160 valence electrons. The molecule has 0 aromatic heterocycles. The Morgan fingerprint density at radius 1 is 1.00 bits per heavy atom. The van der Waals surface area contributed by atoms with Crippen LogP contribution in [-0.2, 0) is 0 Å². The Kier molecular flexibility index (Phi) is 5.81. The third-order valence-corrected chi connectivity index (χ3v) is 7.37. The van der Waals surface area contributed by atoms with Crippen molar-refractivity contribution in [1.82, 2.24) is 9.80 Å². The summed E-state index contributed by atoms with van der Waals surface area (Å²) in [7, 11) is 1.71. The van der Waals surface area contributed by atoms with Gasteiger partial charge in [0.1, 0.15) is 5.75 Å². The molecule has 4 heteroatoms. The molecule has 0 unspecified atom stereocenters. The van der Waals surface area contributed by atoms with Gasteiger partial charge in [0.05, 0.1) is 13.7 Å². The molecule has 1 saturated carbocycles. The number of ether oxygens (including phenoxy) is 1. The first-order valence-corrected chi connectivity index (χ1v) is 11.6. The van der Waals surface area contributed by atoms with Gasteiger partial charge in [0.2, 0.25) is 0 Å². The van der Waals surface area contributed by atoms with E-state index in [1.54, 1.807) is 7.11 Å². The fourth-order valence-electron chi connectivity index (χ4n) is 5.54. The van der Waals surface area contributed by atoms with Gasteiger partial charge in [-0.2, -0.15) is 0 Å². The van der Waals surface area contributed by atoms with Crippen molar-refractivity contribution in [2.24, 2.45) is 5.92 Å². The monoisotopic (exact) mass is 406 g/mol. The highest BCUT2D eigenvalue weighted by Gasteiger charge is 2.49. The summed E-state index contributed by atoms with van der Waals surface area (Å²) in [5, 5.41) is 10.2. The summed E-state index contributed by atoms with van der Waals surface area (Å²) in [6.07, 6.45) is 5.36. The van der Waals surface area contributed by atoms with Gasteiger partial charge in [0, 0.05) is 31.1 Å². The zero-order valence-corrected chi connectivity index (χ0v) is 18.0. The van der Waals surface area contributed by atoms with Crippen LogP contribution in [0.3, 0.4) is 0 Å². The maximum atomic E-state index is 10.2. The van der Waals surface area contributed by atoms with Crippen molar-refractivity contribution >= 4 is 0 Å². The van der Waals surface area contributed by atoms with E-state index in [9.17, 15) is 5.11 Å². The van der Waals surface area contributed by atoms with Gasteiger partial charge in [0.15, 0.2) is 0 Å². The minimum Gasteiger partial charge on any atom is -0.497 e. The average Bonchev–Trinajstić information content (AvgIpc) is 3.59. The van der Waals surface area contributed by atoms with Gasteiger partial charge in [0.25, 0.3) is 0 Å². The SMILES string of the molecule is COc1cccc(-c2ccc([C@H]3[C@H]4CN(CC5CC5)CCCCN4[C@H]3CO)cc2)c1. The number of fused-ring (bicyclic) bond motifs is 1. The maximum absolute atomic E-state index is 10.2. The lowest BCUT2D eigenvalue weighted by Crippen LogP contribution is -2.67. The van der Waals surface area contributed by atoms with E-state index in [2.05, 4.69) is 46.2 Å². The van der Waals surface area contributed by atoms with Gasteiger partial charge >= 0.3 is 0 Å². The summed E-state index contributed by atoms with van der Waals surface area (Å²) in [4.78, 5) is 5.29. The molecule has 1 N–H and O–H groups in total. The van der Waals surface area contributed by atoms with Crippen molar-refractivity contribution in [3.05, 3.63) is 54.1 Å². The summed E-state index contributed by atoms with van der Waals surface area (Å²) in [5.74, 6) is 2.25. The zero-order chi connectivity index (χ0) is 20.5. The minimum atomic E-state index is 0.251. The summed E-state index contributed by atoms with van der Waals surface area (Å²) < 4.78 is 5.38. The number of aliphatic hydroxyl groups excluding tert-OH is 1. The van der Waals surface area contributed by atoms with E-state index in [-0.39, 0.29) is 12.6 Å². The first-order valence-electron chi connectivity index (χ1n) is 11.6. The number of methoxy groups -OCH3 is 1. The van der Waals surface area contributed by atoms with Gasteiger partial charge in [-0.3, -0.25) is 4.90 Å². The molecular weight excluding hydrogens is 372 g/mol. The molecule has 2 aromatic carbocycles. The molecule has 2 saturated heterocycles. The van der Waals surface area contributed by atoms with E-state index >= 15 is 0 Å². The normalized spacial score (nSPS) is 27.6. The highest BCUT2D eigenvalue weighted by Crippen LogP contribution is 2.43. The molecule has 2 aliphatic heterocycles. The van der Waals surface area contributed by atoms with Crippen molar-refractivity contribution in [3.63, 3.8) is 0 Å². The van der Waals surface area contributed by atoms with Gasteiger partial charge < -0.3 is 14.7 Å². The fourth-order valence-corrected chi connectivity index (χ4v) is 5.54. The second-order valence-corrected chi connectivity index (χ2v) is 9.34. The average molecular weight is 407 g/mol. The number of rotatable bonds is 6. The summed E-state index contributed by atoms with van der Waals surface area (Å²) in [6.45, 7) is 5.05. The summed E-state index contributed by atoms with van der Waals surface area (Å²) in [5.41, 5.74) is 3.76. The van der Waals surface area contributed by atoms with Crippen molar-refractivity contribution < 1.29 is 9.84 Å². The molecule has 0 amide bonds. The van der Waals surface area contributed by atoms with E-state index in [1.165, 1.54) is 55.5 Å². The largest absolute Gasteiger partial charge is 0.497 e. The van der Waals surface area contributed by atoms with Crippen molar-refractivity contribution in [1.29, 1.82) is 0 Å². The third kappa shape index (κ3) is 4.01. The van der Waals surface area contributed by atoms with Crippen LogP contribution >= 0.6 is 0 Å². The van der Waals surface area contributed by atoms with Gasteiger partial charge in [-0.05, 0) is 73.5 Å². The molecule has 2 aromatic rings. The van der Waals surface area contributed by atoms with Crippen LogP contribution in [0.15, 0.2) is 48.5 Å². The lowest BCUT2D eigenvalue weighted by atomic mass is 9.74. The van der Waals surface area contributed by atoms with E-state index in [1.807, 2.05) is 12.1 Å².